The number of benzene rings is 1. The fourth-order valence-corrected chi connectivity index (χ4v) is 3.64. The third-order valence-electron chi connectivity index (χ3n) is 5.52. The van der Waals surface area contributed by atoms with Crippen LogP contribution in [0.4, 0.5) is 0 Å². The Morgan fingerprint density at radius 3 is 2.66 bits per heavy atom. The van der Waals surface area contributed by atoms with E-state index in [4.69, 9.17) is 9.73 Å². The number of aliphatic imine (C=N–C) groups is 1. The van der Waals surface area contributed by atoms with Crippen LogP contribution in [0.3, 0.4) is 0 Å². The van der Waals surface area contributed by atoms with E-state index in [1.54, 1.807) is 7.11 Å². The molecule has 1 aliphatic carbocycles. The SMILES string of the molecule is CCNC(=NCc1cnn(Cc2ccccc2)c1)NCC1(CCOC)CCC1.I. The predicted octanol–water partition coefficient (Wildman–Crippen LogP) is 3.81. The van der Waals surface area contributed by atoms with E-state index in [1.165, 1.54) is 24.8 Å². The minimum absolute atomic E-state index is 0. The zero-order chi connectivity index (χ0) is 19.7. The van der Waals surface area contributed by atoms with Gasteiger partial charge >= 0.3 is 0 Å². The first-order chi connectivity index (χ1) is 13.7. The summed E-state index contributed by atoms with van der Waals surface area (Å²) in [6.07, 6.45) is 8.96. The molecule has 160 valence electrons. The second-order valence-corrected chi connectivity index (χ2v) is 7.68. The predicted molar refractivity (Wildman–Crippen MR) is 129 cm³/mol. The highest BCUT2D eigenvalue weighted by Gasteiger charge is 2.36. The number of nitrogens with one attached hydrogen (secondary N) is 2. The highest BCUT2D eigenvalue weighted by atomic mass is 127. The van der Waals surface area contributed by atoms with Crippen LogP contribution in [0.25, 0.3) is 0 Å². The number of halogens is 1. The minimum atomic E-state index is 0. The monoisotopic (exact) mass is 511 g/mol. The lowest BCUT2D eigenvalue weighted by atomic mass is 9.67. The molecule has 7 heteroatoms. The number of hydrogen-bond acceptors (Lipinski definition) is 3. The smallest absolute Gasteiger partial charge is 0.191 e. The van der Waals surface area contributed by atoms with Crippen molar-refractivity contribution in [1.82, 2.24) is 20.4 Å². The summed E-state index contributed by atoms with van der Waals surface area (Å²) in [5.41, 5.74) is 2.73. The Hall–Kier alpha value is -1.61. The summed E-state index contributed by atoms with van der Waals surface area (Å²) in [5.74, 6) is 0.877. The van der Waals surface area contributed by atoms with E-state index in [1.807, 2.05) is 16.9 Å². The van der Waals surface area contributed by atoms with Gasteiger partial charge in [0.2, 0.25) is 0 Å². The van der Waals surface area contributed by atoms with E-state index in [9.17, 15) is 0 Å². The van der Waals surface area contributed by atoms with Crippen LogP contribution in [-0.2, 0) is 17.8 Å². The normalized spacial score (nSPS) is 15.3. The molecule has 0 spiro atoms. The van der Waals surface area contributed by atoms with Gasteiger partial charge in [0.15, 0.2) is 5.96 Å². The maximum Gasteiger partial charge on any atom is 0.191 e. The molecule has 3 rings (SSSR count). The van der Waals surface area contributed by atoms with Crippen LogP contribution in [0.2, 0.25) is 0 Å². The van der Waals surface area contributed by atoms with Crippen molar-refractivity contribution in [2.24, 2.45) is 10.4 Å². The summed E-state index contributed by atoms with van der Waals surface area (Å²) in [7, 11) is 1.78. The first-order valence-corrected chi connectivity index (χ1v) is 10.3. The van der Waals surface area contributed by atoms with E-state index in [2.05, 4.69) is 53.1 Å². The van der Waals surface area contributed by atoms with E-state index in [0.717, 1.165) is 44.2 Å². The topological polar surface area (TPSA) is 63.5 Å². The summed E-state index contributed by atoms with van der Waals surface area (Å²) in [4.78, 5) is 4.76. The molecule has 2 aromatic rings. The van der Waals surface area contributed by atoms with Crippen molar-refractivity contribution in [1.29, 1.82) is 0 Å². The number of aromatic nitrogens is 2. The lowest BCUT2D eigenvalue weighted by molar-refractivity contribution is 0.0732. The molecular weight excluding hydrogens is 477 g/mol. The van der Waals surface area contributed by atoms with Crippen molar-refractivity contribution in [3.8, 4) is 0 Å². The van der Waals surface area contributed by atoms with Gasteiger partial charge in [-0.2, -0.15) is 5.10 Å². The molecule has 6 nitrogen and oxygen atoms in total. The summed E-state index contributed by atoms with van der Waals surface area (Å²) >= 11 is 0. The Labute approximate surface area is 191 Å². The maximum atomic E-state index is 5.29. The first-order valence-electron chi connectivity index (χ1n) is 10.3. The van der Waals surface area contributed by atoms with Crippen LogP contribution in [0.1, 0.15) is 43.7 Å². The quantitative estimate of drug-likeness (QED) is 0.289. The third kappa shape index (κ3) is 7.29. The van der Waals surface area contributed by atoms with Crippen molar-refractivity contribution in [3.05, 3.63) is 53.9 Å². The van der Waals surface area contributed by atoms with Crippen LogP contribution < -0.4 is 10.6 Å². The molecule has 0 bridgehead atoms. The summed E-state index contributed by atoms with van der Waals surface area (Å²) in [6.45, 7) is 6.13. The number of guanidine groups is 1. The number of hydrogen-bond donors (Lipinski definition) is 2. The van der Waals surface area contributed by atoms with Gasteiger partial charge in [0.25, 0.3) is 0 Å². The van der Waals surface area contributed by atoms with Gasteiger partial charge in [-0.3, -0.25) is 4.68 Å². The molecule has 29 heavy (non-hydrogen) atoms. The van der Waals surface area contributed by atoms with Crippen molar-refractivity contribution in [2.75, 3.05) is 26.8 Å². The Bertz CT molecular complexity index is 743. The Balaban J connectivity index is 0.00000300. The van der Waals surface area contributed by atoms with Crippen molar-refractivity contribution >= 4 is 29.9 Å². The number of nitrogens with zero attached hydrogens (tertiary/aromatic N) is 3. The van der Waals surface area contributed by atoms with Crippen LogP contribution >= 0.6 is 24.0 Å². The fraction of sp³-hybridized carbons (Fsp3) is 0.545. The Morgan fingerprint density at radius 2 is 2.00 bits per heavy atom. The number of ether oxygens (including phenoxy) is 1. The maximum absolute atomic E-state index is 5.29. The van der Waals surface area contributed by atoms with Gasteiger partial charge in [-0.05, 0) is 37.2 Å². The zero-order valence-electron chi connectivity index (χ0n) is 17.6. The highest BCUT2D eigenvalue weighted by Crippen LogP contribution is 2.43. The largest absolute Gasteiger partial charge is 0.385 e. The van der Waals surface area contributed by atoms with Crippen LogP contribution in [0.15, 0.2) is 47.7 Å². The van der Waals surface area contributed by atoms with Crippen molar-refractivity contribution in [3.63, 3.8) is 0 Å². The molecule has 0 radical (unpaired) electrons. The molecule has 1 saturated carbocycles. The van der Waals surface area contributed by atoms with Crippen LogP contribution in [-0.4, -0.2) is 42.5 Å². The van der Waals surface area contributed by atoms with Gasteiger partial charge in [-0.15, -0.1) is 24.0 Å². The lowest BCUT2D eigenvalue weighted by Crippen LogP contribution is -2.46. The Kier molecular flexibility index (Phi) is 9.93. The van der Waals surface area contributed by atoms with E-state index < -0.39 is 0 Å². The van der Waals surface area contributed by atoms with Gasteiger partial charge in [-0.1, -0.05) is 36.8 Å². The van der Waals surface area contributed by atoms with Gasteiger partial charge in [-0.25, -0.2) is 4.99 Å². The second-order valence-electron chi connectivity index (χ2n) is 7.68. The summed E-state index contributed by atoms with van der Waals surface area (Å²) in [6, 6.07) is 10.4. The standard InChI is InChI=1S/C22H33N5O.HI/c1-3-23-21(25-18-22(10-7-11-22)12-13-28-2)24-14-20-15-26-27(17-20)16-19-8-5-4-6-9-19;/h4-6,8-9,15,17H,3,7,10-14,16,18H2,1-2H3,(H2,23,24,25);1H. The van der Waals surface area contributed by atoms with Gasteiger partial charge < -0.3 is 15.4 Å². The van der Waals surface area contributed by atoms with Crippen LogP contribution in [0, 0.1) is 5.41 Å². The zero-order valence-corrected chi connectivity index (χ0v) is 19.9. The summed E-state index contributed by atoms with van der Waals surface area (Å²) in [5, 5.41) is 11.4. The Morgan fingerprint density at radius 1 is 1.21 bits per heavy atom. The van der Waals surface area contributed by atoms with Gasteiger partial charge in [0.1, 0.15) is 0 Å². The van der Waals surface area contributed by atoms with Crippen molar-refractivity contribution in [2.45, 2.75) is 45.7 Å². The lowest BCUT2D eigenvalue weighted by Gasteiger charge is -2.42. The average Bonchev–Trinajstić information content (AvgIpc) is 3.13. The molecule has 1 aromatic heterocycles. The van der Waals surface area contributed by atoms with E-state index >= 15 is 0 Å². The molecule has 2 N–H and O–H groups in total. The van der Waals surface area contributed by atoms with Crippen molar-refractivity contribution < 1.29 is 4.74 Å². The number of rotatable bonds is 10. The average molecular weight is 511 g/mol. The molecule has 0 aliphatic heterocycles. The molecule has 1 aromatic carbocycles. The minimum Gasteiger partial charge on any atom is -0.385 e. The molecule has 1 heterocycles. The molecule has 0 amide bonds. The highest BCUT2D eigenvalue weighted by molar-refractivity contribution is 14.0. The molecular formula is C22H34IN5O. The second kappa shape index (κ2) is 12.2. The van der Waals surface area contributed by atoms with Gasteiger partial charge in [0.05, 0.1) is 19.3 Å². The molecule has 1 fully saturated rings. The fourth-order valence-electron chi connectivity index (χ4n) is 3.64. The molecule has 0 atom stereocenters. The molecule has 0 unspecified atom stereocenters. The van der Waals surface area contributed by atoms with Crippen LogP contribution in [0.5, 0.6) is 0 Å². The van der Waals surface area contributed by atoms with E-state index in [-0.39, 0.29) is 24.0 Å². The molecule has 1 aliphatic rings. The third-order valence-corrected chi connectivity index (χ3v) is 5.52. The van der Waals surface area contributed by atoms with E-state index in [0.29, 0.717) is 12.0 Å². The molecule has 0 saturated heterocycles. The number of methoxy groups -OCH3 is 1. The first kappa shape index (κ1) is 23.7. The summed E-state index contributed by atoms with van der Waals surface area (Å²) < 4.78 is 7.26. The van der Waals surface area contributed by atoms with Gasteiger partial charge in [0, 0.05) is 38.6 Å².